The van der Waals surface area contributed by atoms with Crippen LogP contribution in [0.1, 0.15) is 11.4 Å². The Morgan fingerprint density at radius 1 is 1.25 bits per heavy atom. The van der Waals surface area contributed by atoms with Gasteiger partial charge in [-0.3, -0.25) is 4.98 Å². The van der Waals surface area contributed by atoms with Gasteiger partial charge in [0.15, 0.2) is 5.82 Å². The highest BCUT2D eigenvalue weighted by Crippen LogP contribution is 2.23. The van der Waals surface area contributed by atoms with E-state index in [2.05, 4.69) is 15.1 Å². The molecule has 0 amide bonds. The molecule has 2 heterocycles. The first-order valence-electron chi connectivity index (χ1n) is 5.99. The SMILES string of the molecule is Nc1ccc(-c2nc(Cc3cccnc3)no2)c(F)c1. The zero-order valence-electron chi connectivity index (χ0n) is 10.5. The maximum absolute atomic E-state index is 13.8. The normalized spacial score (nSPS) is 10.7. The zero-order valence-corrected chi connectivity index (χ0v) is 10.5. The molecule has 3 aromatic rings. The number of nitrogens with zero attached hydrogens (tertiary/aromatic N) is 3. The van der Waals surface area contributed by atoms with Gasteiger partial charge in [0.2, 0.25) is 0 Å². The van der Waals surface area contributed by atoms with E-state index in [0.717, 1.165) is 5.56 Å². The van der Waals surface area contributed by atoms with Crippen LogP contribution in [0, 0.1) is 5.82 Å². The molecule has 5 nitrogen and oxygen atoms in total. The second-order valence-corrected chi connectivity index (χ2v) is 4.29. The summed E-state index contributed by atoms with van der Waals surface area (Å²) in [5.41, 5.74) is 7.04. The Bertz CT molecular complexity index is 727. The van der Waals surface area contributed by atoms with Crippen molar-refractivity contribution in [1.29, 1.82) is 0 Å². The molecule has 0 radical (unpaired) electrons. The van der Waals surface area contributed by atoms with Crippen molar-refractivity contribution in [3.8, 4) is 11.5 Å². The van der Waals surface area contributed by atoms with Crippen LogP contribution < -0.4 is 5.73 Å². The highest BCUT2D eigenvalue weighted by Gasteiger charge is 2.13. The number of halogens is 1. The predicted octanol–water partition coefficient (Wildman–Crippen LogP) is 2.44. The molecule has 0 atom stereocenters. The Labute approximate surface area is 114 Å². The Kier molecular flexibility index (Phi) is 3.12. The quantitative estimate of drug-likeness (QED) is 0.739. The zero-order chi connectivity index (χ0) is 13.9. The van der Waals surface area contributed by atoms with Crippen molar-refractivity contribution in [3.05, 3.63) is 59.9 Å². The lowest BCUT2D eigenvalue weighted by Crippen LogP contribution is -1.92. The van der Waals surface area contributed by atoms with Crippen molar-refractivity contribution >= 4 is 5.69 Å². The topological polar surface area (TPSA) is 77.8 Å². The summed E-state index contributed by atoms with van der Waals surface area (Å²) in [4.78, 5) is 8.19. The molecule has 0 fully saturated rings. The summed E-state index contributed by atoms with van der Waals surface area (Å²) >= 11 is 0. The maximum Gasteiger partial charge on any atom is 0.260 e. The highest BCUT2D eigenvalue weighted by atomic mass is 19.1. The molecule has 0 aliphatic heterocycles. The first-order chi connectivity index (χ1) is 9.72. The lowest BCUT2D eigenvalue weighted by Gasteiger charge is -1.98. The van der Waals surface area contributed by atoms with Crippen LogP contribution >= 0.6 is 0 Å². The number of anilines is 1. The second kappa shape index (κ2) is 5.08. The third kappa shape index (κ3) is 2.49. The molecule has 0 saturated heterocycles. The van der Waals surface area contributed by atoms with Crippen LogP contribution in [-0.4, -0.2) is 15.1 Å². The van der Waals surface area contributed by atoms with Crippen LogP contribution in [0.2, 0.25) is 0 Å². The molecule has 1 aromatic carbocycles. The van der Waals surface area contributed by atoms with Gasteiger partial charge in [0.05, 0.1) is 5.56 Å². The minimum atomic E-state index is -0.485. The van der Waals surface area contributed by atoms with Gasteiger partial charge >= 0.3 is 0 Å². The third-order valence-corrected chi connectivity index (χ3v) is 2.78. The van der Waals surface area contributed by atoms with Crippen LogP contribution in [0.25, 0.3) is 11.5 Å². The molecule has 0 aliphatic carbocycles. The van der Waals surface area contributed by atoms with E-state index in [0.29, 0.717) is 17.9 Å². The van der Waals surface area contributed by atoms with Crippen molar-refractivity contribution in [2.75, 3.05) is 5.73 Å². The highest BCUT2D eigenvalue weighted by molar-refractivity contribution is 5.58. The second-order valence-electron chi connectivity index (χ2n) is 4.29. The average molecular weight is 270 g/mol. The van der Waals surface area contributed by atoms with E-state index in [1.807, 2.05) is 12.1 Å². The van der Waals surface area contributed by atoms with Crippen molar-refractivity contribution in [1.82, 2.24) is 15.1 Å². The van der Waals surface area contributed by atoms with Gasteiger partial charge in [-0.15, -0.1) is 0 Å². The lowest BCUT2D eigenvalue weighted by atomic mass is 10.2. The maximum atomic E-state index is 13.8. The smallest absolute Gasteiger partial charge is 0.260 e. The largest absolute Gasteiger partial charge is 0.399 e. The van der Waals surface area contributed by atoms with E-state index >= 15 is 0 Å². The van der Waals surface area contributed by atoms with Crippen molar-refractivity contribution < 1.29 is 8.91 Å². The number of rotatable bonds is 3. The summed E-state index contributed by atoms with van der Waals surface area (Å²) in [6, 6.07) is 8.07. The fourth-order valence-corrected chi connectivity index (χ4v) is 1.83. The molecule has 0 saturated carbocycles. The minimum Gasteiger partial charge on any atom is -0.399 e. The van der Waals surface area contributed by atoms with E-state index in [1.165, 1.54) is 12.1 Å². The van der Waals surface area contributed by atoms with Crippen LogP contribution in [0.15, 0.2) is 47.2 Å². The third-order valence-electron chi connectivity index (χ3n) is 2.78. The van der Waals surface area contributed by atoms with E-state index in [9.17, 15) is 4.39 Å². The molecule has 2 aromatic heterocycles. The number of nitrogen functional groups attached to an aromatic ring is 1. The summed E-state index contributed by atoms with van der Waals surface area (Å²) in [5.74, 6) is 0.132. The van der Waals surface area contributed by atoms with Crippen molar-refractivity contribution in [2.24, 2.45) is 0 Å². The number of pyridine rings is 1. The number of hydrogen-bond acceptors (Lipinski definition) is 5. The van der Waals surface area contributed by atoms with E-state index in [-0.39, 0.29) is 11.5 Å². The molecule has 0 unspecified atom stereocenters. The van der Waals surface area contributed by atoms with Gasteiger partial charge in [-0.05, 0) is 29.8 Å². The Balaban J connectivity index is 1.87. The number of nitrogens with two attached hydrogens (primary N) is 1. The molecule has 20 heavy (non-hydrogen) atoms. The van der Waals surface area contributed by atoms with Gasteiger partial charge < -0.3 is 10.3 Å². The molecule has 0 bridgehead atoms. The summed E-state index contributed by atoms with van der Waals surface area (Å²) in [6.45, 7) is 0. The van der Waals surface area contributed by atoms with Gasteiger partial charge in [-0.2, -0.15) is 4.98 Å². The van der Waals surface area contributed by atoms with Crippen LogP contribution in [-0.2, 0) is 6.42 Å². The standard InChI is InChI=1S/C14H11FN4O/c15-12-7-10(16)3-4-11(12)14-18-13(19-20-14)6-9-2-1-5-17-8-9/h1-5,7-8H,6,16H2. The first-order valence-corrected chi connectivity index (χ1v) is 5.99. The van der Waals surface area contributed by atoms with Crippen molar-refractivity contribution in [3.63, 3.8) is 0 Å². The minimum absolute atomic E-state index is 0.140. The molecule has 6 heteroatoms. The lowest BCUT2D eigenvalue weighted by molar-refractivity contribution is 0.421. The molecule has 2 N–H and O–H groups in total. The molecule has 0 spiro atoms. The Morgan fingerprint density at radius 2 is 2.15 bits per heavy atom. The van der Waals surface area contributed by atoms with E-state index < -0.39 is 5.82 Å². The van der Waals surface area contributed by atoms with E-state index in [1.54, 1.807) is 18.5 Å². The molecular formula is C14H11FN4O. The van der Waals surface area contributed by atoms with Crippen LogP contribution in [0.3, 0.4) is 0 Å². The Morgan fingerprint density at radius 3 is 2.90 bits per heavy atom. The summed E-state index contributed by atoms with van der Waals surface area (Å²) in [7, 11) is 0. The number of aromatic nitrogens is 3. The molecule has 3 rings (SSSR count). The fourth-order valence-electron chi connectivity index (χ4n) is 1.83. The first kappa shape index (κ1) is 12.3. The molecular weight excluding hydrogens is 259 g/mol. The predicted molar refractivity (Wildman–Crippen MR) is 71.1 cm³/mol. The summed E-state index contributed by atoms with van der Waals surface area (Å²) in [6.07, 6.45) is 3.89. The van der Waals surface area contributed by atoms with Gasteiger partial charge in [0.1, 0.15) is 5.82 Å². The van der Waals surface area contributed by atoms with Gasteiger partial charge in [-0.1, -0.05) is 11.2 Å². The monoisotopic (exact) mass is 270 g/mol. The summed E-state index contributed by atoms with van der Waals surface area (Å²) in [5, 5.41) is 3.84. The van der Waals surface area contributed by atoms with E-state index in [4.69, 9.17) is 10.3 Å². The number of benzene rings is 1. The Hall–Kier alpha value is -2.76. The molecule has 0 aliphatic rings. The van der Waals surface area contributed by atoms with Gasteiger partial charge in [-0.25, -0.2) is 4.39 Å². The average Bonchev–Trinajstić information content (AvgIpc) is 2.88. The van der Waals surface area contributed by atoms with Crippen LogP contribution in [0.4, 0.5) is 10.1 Å². The van der Waals surface area contributed by atoms with Crippen LogP contribution in [0.5, 0.6) is 0 Å². The van der Waals surface area contributed by atoms with Gasteiger partial charge in [0.25, 0.3) is 5.89 Å². The number of hydrogen-bond donors (Lipinski definition) is 1. The van der Waals surface area contributed by atoms with Gasteiger partial charge in [0, 0.05) is 24.5 Å². The molecule has 100 valence electrons. The van der Waals surface area contributed by atoms with Crippen molar-refractivity contribution in [2.45, 2.75) is 6.42 Å². The summed E-state index contributed by atoms with van der Waals surface area (Å²) < 4.78 is 18.8. The fraction of sp³-hybridized carbons (Fsp3) is 0.0714.